The first kappa shape index (κ1) is 15.0. The number of carbonyl (C=O) groups excluding carboxylic acids is 2. The molecule has 0 atom stereocenters. The molecule has 1 aromatic rings. The minimum atomic E-state index is -0.453. The number of amides is 2. The fourth-order valence-electron chi connectivity index (χ4n) is 1.66. The molecule has 3 N–H and O–H groups in total. The van der Waals surface area contributed by atoms with Gasteiger partial charge in [0.05, 0.1) is 5.56 Å². The van der Waals surface area contributed by atoms with Crippen molar-refractivity contribution in [3.63, 3.8) is 0 Å². The number of hydrogen-bond acceptors (Lipinski definition) is 4. The van der Waals surface area contributed by atoms with Crippen LogP contribution in [0.3, 0.4) is 0 Å². The average molecular weight is 265 g/mol. The predicted octanol–water partition coefficient (Wildman–Crippen LogP) is 0.537. The van der Waals surface area contributed by atoms with Gasteiger partial charge in [0.25, 0.3) is 11.8 Å². The van der Waals surface area contributed by atoms with Gasteiger partial charge in [-0.25, -0.2) is 5.84 Å². The van der Waals surface area contributed by atoms with Crippen LogP contribution in [-0.2, 0) is 4.79 Å². The van der Waals surface area contributed by atoms with Gasteiger partial charge < -0.3 is 9.64 Å². The Morgan fingerprint density at radius 1 is 1.26 bits per heavy atom. The van der Waals surface area contributed by atoms with E-state index in [1.165, 1.54) is 0 Å². The second kappa shape index (κ2) is 7.38. The molecule has 6 nitrogen and oxygen atoms in total. The van der Waals surface area contributed by atoms with Crippen LogP contribution in [0.25, 0.3) is 0 Å². The van der Waals surface area contributed by atoms with Gasteiger partial charge in [0, 0.05) is 13.1 Å². The number of para-hydroxylation sites is 1. The molecule has 0 aromatic heterocycles. The van der Waals surface area contributed by atoms with E-state index in [1.54, 1.807) is 29.2 Å². The SMILES string of the molecule is CCN(CC)C(=O)COc1ccccc1C(=O)NN. The molecule has 0 aliphatic carbocycles. The third kappa shape index (κ3) is 3.96. The van der Waals surface area contributed by atoms with E-state index >= 15 is 0 Å². The van der Waals surface area contributed by atoms with Gasteiger partial charge in [-0.3, -0.25) is 15.0 Å². The van der Waals surface area contributed by atoms with E-state index in [-0.39, 0.29) is 12.5 Å². The first-order valence-electron chi connectivity index (χ1n) is 6.14. The molecule has 6 heteroatoms. The molecule has 0 bridgehead atoms. The minimum Gasteiger partial charge on any atom is -0.483 e. The van der Waals surface area contributed by atoms with Crippen LogP contribution in [-0.4, -0.2) is 36.4 Å². The fraction of sp³-hybridized carbons (Fsp3) is 0.385. The summed E-state index contributed by atoms with van der Waals surface area (Å²) in [5.41, 5.74) is 2.34. The molecule has 0 aliphatic heterocycles. The van der Waals surface area contributed by atoms with Crippen LogP contribution < -0.4 is 16.0 Å². The Morgan fingerprint density at radius 3 is 2.47 bits per heavy atom. The Balaban J connectivity index is 2.73. The summed E-state index contributed by atoms with van der Waals surface area (Å²) < 4.78 is 5.40. The zero-order valence-electron chi connectivity index (χ0n) is 11.2. The van der Waals surface area contributed by atoms with Crippen molar-refractivity contribution in [2.45, 2.75) is 13.8 Å². The number of nitrogen functional groups attached to an aromatic ring is 1. The van der Waals surface area contributed by atoms with Crippen molar-refractivity contribution in [1.29, 1.82) is 0 Å². The number of nitrogens with one attached hydrogen (secondary N) is 1. The van der Waals surface area contributed by atoms with Gasteiger partial charge in [0.2, 0.25) is 0 Å². The lowest BCUT2D eigenvalue weighted by molar-refractivity contribution is -0.132. The molecule has 0 heterocycles. The molecular formula is C13H19N3O3. The van der Waals surface area contributed by atoms with Gasteiger partial charge in [0.15, 0.2) is 6.61 Å². The number of hydrogen-bond donors (Lipinski definition) is 2. The number of nitrogens with zero attached hydrogens (tertiary/aromatic N) is 1. The molecule has 19 heavy (non-hydrogen) atoms. The maximum Gasteiger partial charge on any atom is 0.268 e. The van der Waals surface area contributed by atoms with Gasteiger partial charge in [0.1, 0.15) is 5.75 Å². The number of likely N-dealkylation sites (N-methyl/N-ethyl adjacent to an activating group) is 1. The van der Waals surface area contributed by atoms with E-state index in [1.807, 2.05) is 19.3 Å². The maximum atomic E-state index is 11.8. The van der Waals surface area contributed by atoms with Crippen LogP contribution in [0.1, 0.15) is 24.2 Å². The molecular weight excluding hydrogens is 246 g/mol. The molecule has 2 amide bonds. The van der Waals surface area contributed by atoms with Crippen molar-refractivity contribution in [3.8, 4) is 5.75 Å². The molecule has 0 aliphatic rings. The second-order valence-corrected chi connectivity index (χ2v) is 3.82. The van der Waals surface area contributed by atoms with E-state index < -0.39 is 5.91 Å². The molecule has 1 aromatic carbocycles. The van der Waals surface area contributed by atoms with Gasteiger partial charge >= 0.3 is 0 Å². The highest BCUT2D eigenvalue weighted by atomic mass is 16.5. The summed E-state index contributed by atoms with van der Waals surface area (Å²) in [7, 11) is 0. The van der Waals surface area contributed by atoms with Gasteiger partial charge in [-0.05, 0) is 26.0 Å². The van der Waals surface area contributed by atoms with E-state index in [4.69, 9.17) is 10.6 Å². The quantitative estimate of drug-likeness (QED) is 0.446. The van der Waals surface area contributed by atoms with E-state index in [2.05, 4.69) is 0 Å². The smallest absolute Gasteiger partial charge is 0.268 e. The standard InChI is InChI=1S/C13H19N3O3/c1-3-16(4-2)12(17)9-19-11-8-6-5-7-10(11)13(18)15-14/h5-8H,3-4,9,14H2,1-2H3,(H,15,18). The molecule has 104 valence electrons. The van der Waals surface area contributed by atoms with Gasteiger partial charge in [-0.15, -0.1) is 0 Å². The summed E-state index contributed by atoms with van der Waals surface area (Å²) in [6, 6.07) is 6.63. The van der Waals surface area contributed by atoms with E-state index in [9.17, 15) is 9.59 Å². The highest BCUT2D eigenvalue weighted by Gasteiger charge is 2.14. The largest absolute Gasteiger partial charge is 0.483 e. The van der Waals surface area contributed by atoms with Crippen molar-refractivity contribution in [1.82, 2.24) is 10.3 Å². The first-order valence-corrected chi connectivity index (χ1v) is 6.14. The Bertz CT molecular complexity index is 445. The first-order chi connectivity index (χ1) is 9.13. The summed E-state index contributed by atoms with van der Waals surface area (Å²) in [6.45, 7) is 4.96. The lowest BCUT2D eigenvalue weighted by Crippen LogP contribution is -2.35. The van der Waals surface area contributed by atoms with Crippen molar-refractivity contribution in [3.05, 3.63) is 29.8 Å². The van der Waals surface area contributed by atoms with Crippen LogP contribution in [0, 0.1) is 0 Å². The lowest BCUT2D eigenvalue weighted by atomic mass is 10.2. The van der Waals surface area contributed by atoms with E-state index in [0.29, 0.717) is 24.4 Å². The van der Waals surface area contributed by atoms with Crippen LogP contribution in [0.5, 0.6) is 5.75 Å². The third-order valence-electron chi connectivity index (χ3n) is 2.73. The number of hydrazine groups is 1. The molecule has 0 spiro atoms. The summed E-state index contributed by atoms with van der Waals surface area (Å²) in [5, 5.41) is 0. The van der Waals surface area contributed by atoms with Crippen LogP contribution in [0.4, 0.5) is 0 Å². The van der Waals surface area contributed by atoms with Gasteiger partial charge in [-0.1, -0.05) is 12.1 Å². The maximum absolute atomic E-state index is 11.8. The third-order valence-corrected chi connectivity index (χ3v) is 2.73. The van der Waals surface area contributed by atoms with Crippen molar-refractivity contribution >= 4 is 11.8 Å². The Labute approximate surface area is 112 Å². The highest BCUT2D eigenvalue weighted by molar-refractivity contribution is 5.96. The minimum absolute atomic E-state index is 0.101. The van der Waals surface area contributed by atoms with Crippen LogP contribution in [0.2, 0.25) is 0 Å². The number of rotatable bonds is 6. The van der Waals surface area contributed by atoms with Crippen LogP contribution in [0.15, 0.2) is 24.3 Å². The van der Waals surface area contributed by atoms with Crippen molar-refractivity contribution in [2.24, 2.45) is 5.84 Å². The van der Waals surface area contributed by atoms with Crippen molar-refractivity contribution in [2.75, 3.05) is 19.7 Å². The fourth-order valence-corrected chi connectivity index (χ4v) is 1.66. The molecule has 0 unspecified atom stereocenters. The topological polar surface area (TPSA) is 84.7 Å². The normalized spacial score (nSPS) is 9.84. The Hall–Kier alpha value is -2.08. The number of nitrogens with two attached hydrogens (primary N) is 1. The molecule has 1 rings (SSSR count). The Morgan fingerprint density at radius 2 is 1.89 bits per heavy atom. The van der Waals surface area contributed by atoms with E-state index in [0.717, 1.165) is 0 Å². The Kier molecular flexibility index (Phi) is 5.81. The second-order valence-electron chi connectivity index (χ2n) is 3.82. The summed E-state index contributed by atoms with van der Waals surface area (Å²) in [6.07, 6.45) is 0. The summed E-state index contributed by atoms with van der Waals surface area (Å²) >= 11 is 0. The lowest BCUT2D eigenvalue weighted by Gasteiger charge is -2.19. The number of benzene rings is 1. The molecule has 0 radical (unpaired) electrons. The van der Waals surface area contributed by atoms with Crippen molar-refractivity contribution < 1.29 is 14.3 Å². The number of carbonyl (C=O) groups is 2. The summed E-state index contributed by atoms with van der Waals surface area (Å²) in [4.78, 5) is 25.0. The van der Waals surface area contributed by atoms with Crippen LogP contribution >= 0.6 is 0 Å². The molecule has 0 saturated heterocycles. The average Bonchev–Trinajstić information content (AvgIpc) is 2.45. The molecule has 0 saturated carbocycles. The summed E-state index contributed by atoms with van der Waals surface area (Å²) in [5.74, 6) is 4.86. The zero-order valence-corrected chi connectivity index (χ0v) is 11.2. The zero-order chi connectivity index (χ0) is 14.3. The molecule has 0 fully saturated rings. The monoisotopic (exact) mass is 265 g/mol. The van der Waals surface area contributed by atoms with Gasteiger partial charge in [-0.2, -0.15) is 0 Å². The number of ether oxygens (including phenoxy) is 1. The highest BCUT2D eigenvalue weighted by Crippen LogP contribution is 2.17. The predicted molar refractivity (Wildman–Crippen MR) is 71.5 cm³/mol.